The van der Waals surface area contributed by atoms with Crippen LogP contribution in [0.25, 0.3) is 0 Å². The predicted molar refractivity (Wildman–Crippen MR) is 61.5 cm³/mol. The van der Waals surface area contributed by atoms with Crippen molar-refractivity contribution in [3.8, 4) is 0 Å². The standard InChI is InChI=1S/C10H8BrF3N2O3/c1-9(8(18)19,10(12,13)14)16-7(17)5-2-3-6(11)15-4-5/h2-4H,1H3,(H,16,17)(H,18,19). The molecule has 9 heteroatoms. The van der Waals surface area contributed by atoms with E-state index in [4.69, 9.17) is 5.11 Å². The first-order chi connectivity index (χ1) is 8.58. The van der Waals surface area contributed by atoms with Gasteiger partial charge in [-0.2, -0.15) is 13.2 Å². The number of aliphatic carboxylic acids is 1. The van der Waals surface area contributed by atoms with Crippen LogP contribution in [-0.2, 0) is 4.79 Å². The van der Waals surface area contributed by atoms with Gasteiger partial charge in [-0.05, 0) is 35.0 Å². The van der Waals surface area contributed by atoms with E-state index in [0.717, 1.165) is 6.20 Å². The molecule has 19 heavy (non-hydrogen) atoms. The molecule has 1 amide bonds. The summed E-state index contributed by atoms with van der Waals surface area (Å²) in [5, 5.41) is 10.1. The van der Waals surface area contributed by atoms with Crippen LogP contribution in [0.5, 0.6) is 0 Å². The Hall–Kier alpha value is -1.64. The molecule has 1 aromatic rings. The monoisotopic (exact) mass is 340 g/mol. The van der Waals surface area contributed by atoms with Crippen molar-refractivity contribution >= 4 is 27.8 Å². The van der Waals surface area contributed by atoms with Gasteiger partial charge in [0, 0.05) is 6.20 Å². The molecule has 0 aromatic carbocycles. The second-order valence-electron chi connectivity index (χ2n) is 3.75. The third-order valence-electron chi connectivity index (χ3n) is 2.35. The second kappa shape index (κ2) is 5.16. The summed E-state index contributed by atoms with van der Waals surface area (Å²) in [6.45, 7) is 0.375. The maximum atomic E-state index is 12.7. The van der Waals surface area contributed by atoms with Gasteiger partial charge in [-0.3, -0.25) is 4.79 Å². The van der Waals surface area contributed by atoms with Crippen molar-refractivity contribution in [3.05, 3.63) is 28.5 Å². The fraction of sp³-hybridized carbons (Fsp3) is 0.300. The van der Waals surface area contributed by atoms with Crippen molar-refractivity contribution in [2.75, 3.05) is 0 Å². The summed E-state index contributed by atoms with van der Waals surface area (Å²) >= 11 is 2.99. The average molecular weight is 341 g/mol. The lowest BCUT2D eigenvalue weighted by Crippen LogP contribution is -2.61. The van der Waals surface area contributed by atoms with Gasteiger partial charge in [0.2, 0.25) is 5.54 Å². The Balaban J connectivity index is 3.02. The number of halogens is 4. The van der Waals surface area contributed by atoms with Gasteiger partial charge in [-0.15, -0.1) is 0 Å². The summed E-state index contributed by atoms with van der Waals surface area (Å²) in [6.07, 6.45) is -4.10. The van der Waals surface area contributed by atoms with Crippen LogP contribution in [0.4, 0.5) is 13.2 Å². The zero-order valence-electron chi connectivity index (χ0n) is 9.45. The van der Waals surface area contributed by atoms with E-state index in [1.165, 1.54) is 17.4 Å². The van der Waals surface area contributed by atoms with Gasteiger partial charge >= 0.3 is 12.1 Å². The molecule has 1 atom stereocenters. The Bertz CT molecular complexity index is 504. The first-order valence-electron chi connectivity index (χ1n) is 4.82. The van der Waals surface area contributed by atoms with E-state index in [2.05, 4.69) is 20.9 Å². The first kappa shape index (κ1) is 15.4. The van der Waals surface area contributed by atoms with Gasteiger partial charge in [0.15, 0.2) is 0 Å². The molecule has 0 aliphatic carbocycles. The minimum atomic E-state index is -5.13. The number of amides is 1. The van der Waals surface area contributed by atoms with E-state index < -0.39 is 23.6 Å². The third-order valence-corrected chi connectivity index (χ3v) is 2.82. The third kappa shape index (κ3) is 3.22. The molecule has 1 aromatic heterocycles. The van der Waals surface area contributed by atoms with Crippen molar-refractivity contribution in [2.45, 2.75) is 18.6 Å². The van der Waals surface area contributed by atoms with Crippen LogP contribution >= 0.6 is 15.9 Å². The van der Waals surface area contributed by atoms with Gasteiger partial charge in [0.25, 0.3) is 5.91 Å². The molecule has 0 aliphatic heterocycles. The van der Waals surface area contributed by atoms with Gasteiger partial charge in [-0.1, -0.05) is 0 Å². The summed E-state index contributed by atoms with van der Waals surface area (Å²) < 4.78 is 38.4. The summed E-state index contributed by atoms with van der Waals surface area (Å²) in [4.78, 5) is 26.0. The van der Waals surface area contributed by atoms with Crippen molar-refractivity contribution in [1.82, 2.24) is 10.3 Å². The number of hydrogen-bond donors (Lipinski definition) is 2. The molecule has 0 saturated heterocycles. The number of alkyl halides is 3. The molecule has 0 saturated carbocycles. The zero-order valence-corrected chi connectivity index (χ0v) is 11.0. The van der Waals surface area contributed by atoms with E-state index in [1.807, 2.05) is 0 Å². The SMILES string of the molecule is CC(NC(=O)c1ccc(Br)nc1)(C(=O)O)C(F)(F)F. The number of carboxylic acids is 1. The molecule has 1 unspecified atom stereocenters. The number of nitrogens with zero attached hydrogens (tertiary/aromatic N) is 1. The average Bonchev–Trinajstić information content (AvgIpc) is 2.27. The van der Waals surface area contributed by atoms with Gasteiger partial charge in [0.05, 0.1) is 5.56 Å². The Morgan fingerprint density at radius 2 is 1.95 bits per heavy atom. The lowest BCUT2D eigenvalue weighted by atomic mass is 10.0. The minimum Gasteiger partial charge on any atom is -0.479 e. The first-order valence-corrected chi connectivity index (χ1v) is 5.61. The molecule has 0 aliphatic rings. The summed E-state index contributed by atoms with van der Waals surface area (Å²) in [7, 11) is 0. The Kier molecular flexibility index (Phi) is 4.18. The van der Waals surface area contributed by atoms with Crippen LogP contribution in [0, 0.1) is 0 Å². The smallest absolute Gasteiger partial charge is 0.422 e. The lowest BCUT2D eigenvalue weighted by molar-refractivity contribution is -0.203. The Labute approximate surface area is 114 Å². The maximum absolute atomic E-state index is 12.7. The Morgan fingerprint density at radius 1 is 1.37 bits per heavy atom. The maximum Gasteiger partial charge on any atom is 0.422 e. The highest BCUT2D eigenvalue weighted by molar-refractivity contribution is 9.10. The molecule has 1 rings (SSSR count). The molecule has 1 heterocycles. The number of aromatic nitrogens is 1. The number of rotatable bonds is 3. The van der Waals surface area contributed by atoms with E-state index >= 15 is 0 Å². The van der Waals surface area contributed by atoms with Crippen molar-refractivity contribution < 1.29 is 27.9 Å². The molecule has 0 radical (unpaired) electrons. The van der Waals surface area contributed by atoms with Crippen molar-refractivity contribution in [2.24, 2.45) is 0 Å². The topological polar surface area (TPSA) is 79.3 Å². The minimum absolute atomic E-state index is 0.181. The van der Waals surface area contributed by atoms with Crippen LogP contribution in [0.15, 0.2) is 22.9 Å². The van der Waals surface area contributed by atoms with Crippen LogP contribution in [0.1, 0.15) is 17.3 Å². The van der Waals surface area contributed by atoms with Gasteiger partial charge in [-0.25, -0.2) is 9.78 Å². The number of carboxylic acid groups (broad SMARTS) is 1. The van der Waals surface area contributed by atoms with E-state index in [9.17, 15) is 22.8 Å². The number of hydrogen-bond acceptors (Lipinski definition) is 3. The molecular formula is C10H8BrF3N2O3. The number of carbonyl (C=O) groups excluding carboxylic acids is 1. The normalized spacial score (nSPS) is 14.6. The fourth-order valence-corrected chi connectivity index (χ4v) is 1.29. The molecule has 0 spiro atoms. The van der Waals surface area contributed by atoms with Crippen molar-refractivity contribution in [3.63, 3.8) is 0 Å². The largest absolute Gasteiger partial charge is 0.479 e. The zero-order chi connectivity index (χ0) is 14.8. The highest BCUT2D eigenvalue weighted by atomic mass is 79.9. The van der Waals surface area contributed by atoms with Gasteiger partial charge < -0.3 is 10.4 Å². The molecule has 104 valence electrons. The molecule has 0 bridgehead atoms. The molecule has 2 N–H and O–H groups in total. The summed E-state index contributed by atoms with van der Waals surface area (Å²) in [5.74, 6) is -3.37. The quantitative estimate of drug-likeness (QED) is 0.824. The number of carbonyl (C=O) groups is 2. The van der Waals surface area contributed by atoms with Crippen LogP contribution in [0.2, 0.25) is 0 Å². The van der Waals surface area contributed by atoms with Crippen molar-refractivity contribution in [1.29, 1.82) is 0 Å². The van der Waals surface area contributed by atoms with Crippen LogP contribution in [-0.4, -0.2) is 33.7 Å². The highest BCUT2D eigenvalue weighted by Crippen LogP contribution is 2.30. The molecular weight excluding hydrogens is 333 g/mol. The fourth-order valence-electron chi connectivity index (χ4n) is 1.05. The van der Waals surface area contributed by atoms with Crippen LogP contribution in [0.3, 0.4) is 0 Å². The predicted octanol–water partition coefficient (Wildman–Crippen LogP) is 1.98. The van der Waals surface area contributed by atoms with Gasteiger partial charge in [0.1, 0.15) is 4.60 Å². The second-order valence-corrected chi connectivity index (χ2v) is 4.56. The number of pyridine rings is 1. The van der Waals surface area contributed by atoms with Crippen LogP contribution < -0.4 is 5.32 Å². The summed E-state index contributed by atoms with van der Waals surface area (Å²) in [5.41, 5.74) is -3.54. The molecule has 0 fully saturated rings. The molecule has 5 nitrogen and oxygen atoms in total. The lowest BCUT2D eigenvalue weighted by Gasteiger charge is -2.28. The van der Waals surface area contributed by atoms with E-state index in [0.29, 0.717) is 11.5 Å². The van der Waals surface area contributed by atoms with E-state index in [-0.39, 0.29) is 5.56 Å². The summed E-state index contributed by atoms with van der Waals surface area (Å²) in [6, 6.07) is 2.56. The number of nitrogens with one attached hydrogen (secondary N) is 1. The highest BCUT2D eigenvalue weighted by Gasteiger charge is 2.58. The van der Waals surface area contributed by atoms with E-state index in [1.54, 1.807) is 0 Å². The Morgan fingerprint density at radius 3 is 2.32 bits per heavy atom.